The molecular weight excluding hydrogens is 186 g/mol. The maximum absolute atomic E-state index is 9.46. The summed E-state index contributed by atoms with van der Waals surface area (Å²) in [5, 5.41) is 11.0. The van der Waals surface area contributed by atoms with Crippen molar-refractivity contribution in [3.05, 3.63) is 18.2 Å². The van der Waals surface area contributed by atoms with Crippen LogP contribution < -0.4 is 10.5 Å². The summed E-state index contributed by atoms with van der Waals surface area (Å²) < 4.78 is 6.09. The second kappa shape index (κ2) is 2.81. The number of benzene rings is 1. The molecule has 0 saturated heterocycles. The van der Waals surface area contributed by atoms with Gasteiger partial charge >= 0.3 is 0 Å². The van der Waals surface area contributed by atoms with Gasteiger partial charge in [-0.15, -0.1) is 11.3 Å². The number of phenolic OH excluding ortho intramolecular Hbond substituents is 1. The van der Waals surface area contributed by atoms with Gasteiger partial charge in [0.05, 0.1) is 12.1 Å². The van der Waals surface area contributed by atoms with Crippen LogP contribution in [0.25, 0.3) is 10.1 Å². The van der Waals surface area contributed by atoms with Crippen LogP contribution in [0.1, 0.15) is 0 Å². The summed E-state index contributed by atoms with van der Waals surface area (Å²) >= 11 is 1.48. The maximum Gasteiger partial charge on any atom is 0.169 e. The van der Waals surface area contributed by atoms with E-state index in [-0.39, 0.29) is 5.75 Å². The summed E-state index contributed by atoms with van der Waals surface area (Å²) in [5.74, 6) is 0.637. The van der Waals surface area contributed by atoms with Crippen molar-refractivity contribution < 1.29 is 9.84 Å². The Morgan fingerprint density at radius 3 is 2.92 bits per heavy atom. The third-order valence-electron chi connectivity index (χ3n) is 1.85. The number of rotatable bonds is 1. The van der Waals surface area contributed by atoms with Crippen LogP contribution >= 0.6 is 11.3 Å². The fourth-order valence-electron chi connectivity index (χ4n) is 1.31. The SMILES string of the molecule is COc1c(O)ccc2sc(N)cc12. The lowest BCUT2D eigenvalue weighted by atomic mass is 10.2. The van der Waals surface area contributed by atoms with Crippen molar-refractivity contribution in [3.63, 3.8) is 0 Å². The highest BCUT2D eigenvalue weighted by atomic mass is 32.1. The molecule has 68 valence electrons. The summed E-state index contributed by atoms with van der Waals surface area (Å²) in [6, 6.07) is 5.24. The van der Waals surface area contributed by atoms with Crippen LogP contribution in [0, 0.1) is 0 Å². The second-order valence-electron chi connectivity index (χ2n) is 2.68. The van der Waals surface area contributed by atoms with Gasteiger partial charge in [-0.3, -0.25) is 0 Å². The zero-order valence-corrected chi connectivity index (χ0v) is 7.89. The Morgan fingerprint density at radius 1 is 1.46 bits per heavy atom. The van der Waals surface area contributed by atoms with Gasteiger partial charge in [0.1, 0.15) is 0 Å². The van der Waals surface area contributed by atoms with E-state index in [1.807, 2.05) is 6.07 Å². The molecule has 0 fully saturated rings. The topological polar surface area (TPSA) is 55.5 Å². The maximum atomic E-state index is 9.46. The molecule has 13 heavy (non-hydrogen) atoms. The average Bonchev–Trinajstić information content (AvgIpc) is 2.45. The van der Waals surface area contributed by atoms with Crippen LogP contribution in [0.2, 0.25) is 0 Å². The highest BCUT2D eigenvalue weighted by Crippen LogP contribution is 2.39. The van der Waals surface area contributed by atoms with E-state index in [0.717, 1.165) is 15.1 Å². The molecule has 0 aliphatic carbocycles. The lowest BCUT2D eigenvalue weighted by Crippen LogP contribution is -1.83. The molecule has 0 saturated carbocycles. The molecule has 4 heteroatoms. The summed E-state index contributed by atoms with van der Waals surface area (Å²) in [6.45, 7) is 0. The average molecular weight is 195 g/mol. The molecule has 0 atom stereocenters. The minimum atomic E-state index is 0.146. The quantitative estimate of drug-likeness (QED) is 0.733. The highest BCUT2D eigenvalue weighted by molar-refractivity contribution is 7.22. The molecular formula is C9H9NO2S. The number of hydrogen-bond donors (Lipinski definition) is 2. The minimum Gasteiger partial charge on any atom is -0.504 e. The molecule has 3 N–H and O–H groups in total. The van der Waals surface area contributed by atoms with Gasteiger partial charge in [-0.2, -0.15) is 0 Å². The number of aromatic hydroxyl groups is 1. The summed E-state index contributed by atoms with van der Waals surface area (Å²) in [4.78, 5) is 0. The first-order valence-electron chi connectivity index (χ1n) is 3.77. The Labute approximate surface area is 79.4 Å². The molecule has 0 unspecified atom stereocenters. The van der Waals surface area contributed by atoms with Crippen molar-refractivity contribution in [2.24, 2.45) is 0 Å². The van der Waals surface area contributed by atoms with Gasteiger partial charge in [0.15, 0.2) is 11.5 Å². The number of thiophene rings is 1. The van der Waals surface area contributed by atoms with Gasteiger partial charge in [-0.25, -0.2) is 0 Å². The molecule has 2 aromatic rings. The van der Waals surface area contributed by atoms with E-state index >= 15 is 0 Å². The van der Waals surface area contributed by atoms with E-state index in [2.05, 4.69) is 0 Å². The molecule has 0 spiro atoms. The number of phenols is 1. The zero-order chi connectivity index (χ0) is 9.42. The molecule has 0 amide bonds. The molecule has 1 aromatic heterocycles. The van der Waals surface area contributed by atoms with Crippen molar-refractivity contribution >= 4 is 26.4 Å². The molecule has 1 aromatic carbocycles. The number of hydrogen-bond acceptors (Lipinski definition) is 4. The van der Waals surface area contributed by atoms with Gasteiger partial charge in [0, 0.05) is 10.1 Å². The van der Waals surface area contributed by atoms with Gasteiger partial charge in [0.2, 0.25) is 0 Å². The normalized spacial score (nSPS) is 10.5. The Morgan fingerprint density at radius 2 is 2.23 bits per heavy atom. The first-order valence-corrected chi connectivity index (χ1v) is 4.59. The molecule has 3 nitrogen and oxygen atoms in total. The number of ether oxygens (including phenoxy) is 1. The fourth-order valence-corrected chi connectivity index (χ4v) is 2.14. The predicted octanol–water partition coefficient (Wildman–Crippen LogP) is 2.20. The third-order valence-corrected chi connectivity index (χ3v) is 2.78. The van der Waals surface area contributed by atoms with Crippen molar-refractivity contribution in [1.82, 2.24) is 0 Å². The number of methoxy groups -OCH3 is 1. The lowest BCUT2D eigenvalue weighted by molar-refractivity contribution is 0.378. The minimum absolute atomic E-state index is 0.146. The van der Waals surface area contributed by atoms with E-state index in [0.29, 0.717) is 5.75 Å². The van der Waals surface area contributed by atoms with Crippen LogP contribution in [0.4, 0.5) is 5.00 Å². The number of nitrogens with two attached hydrogens (primary N) is 1. The first kappa shape index (κ1) is 8.19. The number of nitrogen functional groups attached to an aromatic ring is 1. The summed E-state index contributed by atoms with van der Waals surface area (Å²) in [5.41, 5.74) is 5.65. The van der Waals surface area contributed by atoms with E-state index in [1.165, 1.54) is 18.4 Å². The smallest absolute Gasteiger partial charge is 0.169 e. The molecule has 0 aliphatic heterocycles. The van der Waals surface area contributed by atoms with Gasteiger partial charge in [-0.1, -0.05) is 0 Å². The van der Waals surface area contributed by atoms with E-state index in [4.69, 9.17) is 10.5 Å². The van der Waals surface area contributed by atoms with Crippen LogP contribution in [0.3, 0.4) is 0 Å². The second-order valence-corrected chi connectivity index (χ2v) is 3.79. The van der Waals surface area contributed by atoms with Crippen molar-refractivity contribution in [1.29, 1.82) is 0 Å². The van der Waals surface area contributed by atoms with E-state index in [9.17, 15) is 5.11 Å². The molecule has 1 heterocycles. The third kappa shape index (κ3) is 1.19. The Balaban J connectivity index is 2.82. The Kier molecular flexibility index (Phi) is 1.77. The van der Waals surface area contributed by atoms with Gasteiger partial charge in [0.25, 0.3) is 0 Å². The van der Waals surface area contributed by atoms with Crippen LogP contribution in [0.5, 0.6) is 11.5 Å². The zero-order valence-electron chi connectivity index (χ0n) is 7.07. The van der Waals surface area contributed by atoms with Crippen LogP contribution in [-0.4, -0.2) is 12.2 Å². The largest absolute Gasteiger partial charge is 0.504 e. The van der Waals surface area contributed by atoms with Crippen molar-refractivity contribution in [3.8, 4) is 11.5 Å². The Hall–Kier alpha value is -1.42. The van der Waals surface area contributed by atoms with Crippen LogP contribution in [0.15, 0.2) is 18.2 Å². The molecule has 2 rings (SSSR count). The Bertz CT molecular complexity index is 450. The highest BCUT2D eigenvalue weighted by Gasteiger charge is 2.09. The fraction of sp³-hybridized carbons (Fsp3) is 0.111. The summed E-state index contributed by atoms with van der Waals surface area (Å²) in [7, 11) is 1.53. The van der Waals surface area contributed by atoms with E-state index in [1.54, 1.807) is 12.1 Å². The first-order chi connectivity index (χ1) is 6.22. The molecule has 0 aliphatic rings. The van der Waals surface area contributed by atoms with Crippen molar-refractivity contribution in [2.75, 3.05) is 12.8 Å². The van der Waals surface area contributed by atoms with E-state index < -0.39 is 0 Å². The van der Waals surface area contributed by atoms with Crippen LogP contribution in [-0.2, 0) is 0 Å². The van der Waals surface area contributed by atoms with Gasteiger partial charge < -0.3 is 15.6 Å². The predicted molar refractivity (Wildman–Crippen MR) is 54.5 cm³/mol. The monoisotopic (exact) mass is 195 g/mol. The summed E-state index contributed by atoms with van der Waals surface area (Å²) in [6.07, 6.45) is 0. The van der Waals surface area contributed by atoms with Crippen molar-refractivity contribution in [2.45, 2.75) is 0 Å². The standard InChI is InChI=1S/C9H9NO2S/c1-12-9-5-4-8(10)13-7(5)3-2-6(9)11/h2-4,11H,10H2,1H3. The molecule has 0 radical (unpaired) electrons. The number of anilines is 1. The molecule has 0 bridgehead atoms. The van der Waals surface area contributed by atoms with Gasteiger partial charge in [-0.05, 0) is 18.2 Å². The number of fused-ring (bicyclic) bond motifs is 1. The lowest BCUT2D eigenvalue weighted by Gasteiger charge is -2.03.